The number of benzene rings is 1. The number of isocyanates is 1. The van der Waals surface area contributed by atoms with Crippen LogP contribution in [0.1, 0.15) is 9.67 Å². The van der Waals surface area contributed by atoms with Crippen LogP contribution >= 0.6 is 11.3 Å². The van der Waals surface area contributed by atoms with Gasteiger partial charge in [-0.05, 0) is 17.5 Å². The second-order valence-corrected chi connectivity index (χ2v) is 3.74. The molecule has 2 rings (SSSR count). The van der Waals surface area contributed by atoms with Gasteiger partial charge in [0, 0.05) is 4.70 Å². The minimum Gasteiger partial charge on any atom is -0.265 e. The molecule has 0 saturated heterocycles. The van der Waals surface area contributed by atoms with E-state index < -0.39 is 5.91 Å². The number of carbonyl (C=O) groups is 1. The van der Waals surface area contributed by atoms with Crippen LogP contribution < -0.4 is 0 Å². The molecule has 0 aliphatic rings. The van der Waals surface area contributed by atoms with Gasteiger partial charge in [0.05, 0.1) is 4.88 Å². The largest absolute Gasteiger partial charge is 0.297 e. The number of nitrogens with zero attached hydrogens (tertiary/aromatic N) is 1. The van der Waals surface area contributed by atoms with E-state index in [9.17, 15) is 9.59 Å². The zero-order chi connectivity index (χ0) is 9.97. The Bertz CT molecular complexity index is 505. The van der Waals surface area contributed by atoms with Crippen molar-refractivity contribution in [2.45, 2.75) is 0 Å². The van der Waals surface area contributed by atoms with E-state index in [1.807, 2.05) is 24.3 Å². The molecule has 1 amide bonds. The van der Waals surface area contributed by atoms with E-state index >= 15 is 0 Å². The number of hydrogen-bond acceptors (Lipinski definition) is 3. The van der Waals surface area contributed by atoms with Gasteiger partial charge in [-0.3, -0.25) is 4.79 Å². The van der Waals surface area contributed by atoms with Gasteiger partial charge in [-0.1, -0.05) is 18.2 Å². The summed E-state index contributed by atoms with van der Waals surface area (Å²) in [6.45, 7) is 0. The number of aliphatic imine (C=N–C) groups is 1. The van der Waals surface area contributed by atoms with Crippen LogP contribution in [0.3, 0.4) is 0 Å². The Hall–Kier alpha value is -1.77. The van der Waals surface area contributed by atoms with Gasteiger partial charge in [0.25, 0.3) is 5.91 Å². The van der Waals surface area contributed by atoms with Crippen molar-refractivity contribution in [1.82, 2.24) is 0 Å². The van der Waals surface area contributed by atoms with Crippen LogP contribution in [0.2, 0.25) is 0 Å². The Morgan fingerprint density at radius 2 is 2.14 bits per heavy atom. The quantitative estimate of drug-likeness (QED) is 0.527. The number of fused-ring (bicyclic) bond motifs is 1. The van der Waals surface area contributed by atoms with Crippen LogP contribution in [-0.2, 0) is 4.79 Å². The van der Waals surface area contributed by atoms with Crippen molar-refractivity contribution in [2.75, 3.05) is 0 Å². The van der Waals surface area contributed by atoms with E-state index in [2.05, 4.69) is 4.99 Å². The molecule has 0 N–H and O–H groups in total. The summed E-state index contributed by atoms with van der Waals surface area (Å²) < 4.78 is 1.01. The third kappa shape index (κ3) is 1.48. The van der Waals surface area contributed by atoms with Crippen LogP contribution in [0.4, 0.5) is 0 Å². The highest BCUT2D eigenvalue weighted by atomic mass is 32.1. The number of thiophene rings is 1. The third-order valence-electron chi connectivity index (χ3n) is 1.78. The van der Waals surface area contributed by atoms with Crippen LogP contribution in [0.25, 0.3) is 10.1 Å². The Kier molecular flexibility index (Phi) is 2.23. The lowest BCUT2D eigenvalue weighted by Crippen LogP contribution is -1.87. The molecule has 0 fully saturated rings. The van der Waals surface area contributed by atoms with Crippen LogP contribution in [0.15, 0.2) is 35.3 Å². The molecule has 0 saturated carbocycles. The molecule has 0 atom stereocenters. The molecular formula is C10H5NO2S. The monoisotopic (exact) mass is 203 g/mol. The summed E-state index contributed by atoms with van der Waals surface area (Å²) >= 11 is 1.32. The van der Waals surface area contributed by atoms with Crippen LogP contribution in [0.5, 0.6) is 0 Å². The number of amides is 1. The molecule has 0 aliphatic heterocycles. The van der Waals surface area contributed by atoms with E-state index in [4.69, 9.17) is 0 Å². The minimum atomic E-state index is -0.527. The normalized spacial score (nSPS) is 9.71. The highest BCUT2D eigenvalue weighted by Crippen LogP contribution is 2.25. The van der Waals surface area contributed by atoms with Crippen molar-refractivity contribution >= 4 is 33.4 Å². The van der Waals surface area contributed by atoms with E-state index in [0.717, 1.165) is 10.1 Å². The van der Waals surface area contributed by atoms with Gasteiger partial charge in [-0.2, -0.15) is 0 Å². The molecule has 0 radical (unpaired) electrons. The average Bonchev–Trinajstić information content (AvgIpc) is 2.61. The van der Waals surface area contributed by atoms with E-state index in [0.29, 0.717) is 4.88 Å². The fourth-order valence-corrected chi connectivity index (χ4v) is 2.13. The van der Waals surface area contributed by atoms with Crippen molar-refractivity contribution in [3.8, 4) is 0 Å². The molecule has 68 valence electrons. The molecule has 2 aromatic rings. The lowest BCUT2D eigenvalue weighted by atomic mass is 10.2. The fraction of sp³-hybridized carbons (Fsp3) is 0. The van der Waals surface area contributed by atoms with E-state index in [-0.39, 0.29) is 0 Å². The van der Waals surface area contributed by atoms with Crippen molar-refractivity contribution < 1.29 is 9.59 Å². The Morgan fingerprint density at radius 3 is 2.86 bits per heavy atom. The van der Waals surface area contributed by atoms with Gasteiger partial charge in [-0.25, -0.2) is 4.79 Å². The number of hydrogen-bond donors (Lipinski definition) is 0. The zero-order valence-corrected chi connectivity index (χ0v) is 7.88. The van der Waals surface area contributed by atoms with Crippen molar-refractivity contribution in [2.24, 2.45) is 4.99 Å². The molecule has 0 unspecified atom stereocenters. The summed E-state index contributed by atoms with van der Waals surface area (Å²) in [6, 6.07) is 9.35. The molecule has 1 aromatic carbocycles. The molecular weight excluding hydrogens is 198 g/mol. The molecule has 4 heteroatoms. The SMILES string of the molecule is O=C=NC(=O)c1cc2ccccc2s1. The minimum absolute atomic E-state index is 0.467. The van der Waals surface area contributed by atoms with E-state index in [1.54, 1.807) is 6.07 Å². The standard InChI is InChI=1S/C10H5NO2S/c12-6-11-10(13)9-5-7-3-1-2-4-8(7)14-9/h1-5H. The zero-order valence-electron chi connectivity index (χ0n) is 7.06. The smallest absolute Gasteiger partial charge is 0.265 e. The molecule has 0 aliphatic carbocycles. The molecule has 1 heterocycles. The van der Waals surface area contributed by atoms with Gasteiger partial charge in [-0.15, -0.1) is 16.3 Å². The lowest BCUT2D eigenvalue weighted by molar-refractivity contribution is 0.101. The highest BCUT2D eigenvalue weighted by Gasteiger charge is 2.08. The molecule has 0 bridgehead atoms. The van der Waals surface area contributed by atoms with Crippen LogP contribution in [0, 0.1) is 0 Å². The van der Waals surface area contributed by atoms with E-state index in [1.165, 1.54) is 17.4 Å². The van der Waals surface area contributed by atoms with Gasteiger partial charge < -0.3 is 0 Å². The molecule has 1 aromatic heterocycles. The van der Waals surface area contributed by atoms with Gasteiger partial charge >= 0.3 is 0 Å². The summed E-state index contributed by atoms with van der Waals surface area (Å²) in [5.74, 6) is -0.527. The molecule has 14 heavy (non-hydrogen) atoms. The lowest BCUT2D eigenvalue weighted by Gasteiger charge is -1.82. The Morgan fingerprint density at radius 1 is 1.36 bits per heavy atom. The van der Waals surface area contributed by atoms with Crippen molar-refractivity contribution in [1.29, 1.82) is 0 Å². The third-order valence-corrected chi connectivity index (χ3v) is 2.89. The summed E-state index contributed by atoms with van der Waals surface area (Å²) in [4.78, 5) is 24.6. The summed E-state index contributed by atoms with van der Waals surface area (Å²) in [7, 11) is 0. The maximum atomic E-state index is 11.2. The maximum absolute atomic E-state index is 11.2. The fourth-order valence-electron chi connectivity index (χ4n) is 1.18. The van der Waals surface area contributed by atoms with Crippen LogP contribution in [-0.4, -0.2) is 12.0 Å². The summed E-state index contributed by atoms with van der Waals surface area (Å²) in [5.41, 5.74) is 0. The first-order chi connectivity index (χ1) is 6.81. The van der Waals surface area contributed by atoms with Crippen molar-refractivity contribution in [3.05, 3.63) is 35.2 Å². The summed E-state index contributed by atoms with van der Waals surface area (Å²) in [6.07, 6.45) is 1.24. The summed E-state index contributed by atoms with van der Waals surface area (Å²) in [5, 5.41) is 0.988. The van der Waals surface area contributed by atoms with Gasteiger partial charge in [0.2, 0.25) is 6.08 Å². The molecule has 0 spiro atoms. The second-order valence-electron chi connectivity index (χ2n) is 2.66. The Labute approximate surface area is 83.7 Å². The maximum Gasteiger partial charge on any atom is 0.297 e. The average molecular weight is 203 g/mol. The predicted molar refractivity (Wildman–Crippen MR) is 54.3 cm³/mol. The number of carbonyl (C=O) groups excluding carboxylic acids is 2. The van der Waals surface area contributed by atoms with Gasteiger partial charge in [0.15, 0.2) is 0 Å². The second kappa shape index (κ2) is 3.54. The first-order valence-corrected chi connectivity index (χ1v) is 4.73. The van der Waals surface area contributed by atoms with Gasteiger partial charge in [0.1, 0.15) is 0 Å². The molecule has 3 nitrogen and oxygen atoms in total. The number of rotatable bonds is 1. The van der Waals surface area contributed by atoms with Crippen molar-refractivity contribution in [3.63, 3.8) is 0 Å². The highest BCUT2D eigenvalue weighted by molar-refractivity contribution is 7.20. The topological polar surface area (TPSA) is 46.5 Å². The first-order valence-electron chi connectivity index (χ1n) is 3.92. The first kappa shape index (κ1) is 8.81. The Balaban J connectivity index is 2.55. The predicted octanol–water partition coefficient (Wildman–Crippen LogP) is 2.38.